The fourth-order valence-electron chi connectivity index (χ4n) is 3.78. The molecule has 3 aromatic rings. The molecule has 0 spiro atoms. The molecule has 3 N–H and O–H groups in total. The van der Waals surface area contributed by atoms with Crippen LogP contribution in [0, 0.1) is 21.4 Å². The highest BCUT2D eigenvalue weighted by Crippen LogP contribution is 2.52. The standard InChI is InChI=1S/C20H13N5O5/c21-8-12-14(11-6-7-13-18(29-9-28-13)17(11)25(26)27)15-16(10-4-2-1-3-5-10)23-24-20(15)30-19(12)22/h1-7,14H,9,22H2,(H,23,24). The number of nitro groups is 1. The number of aromatic nitrogens is 2. The van der Waals surface area contributed by atoms with Crippen molar-refractivity contribution >= 4 is 5.69 Å². The molecule has 2 aromatic carbocycles. The van der Waals surface area contributed by atoms with Gasteiger partial charge in [-0.15, -0.1) is 5.10 Å². The number of aromatic amines is 1. The minimum absolute atomic E-state index is 0.0196. The maximum Gasteiger partial charge on any atom is 0.319 e. The monoisotopic (exact) mass is 403 g/mol. The molecule has 0 bridgehead atoms. The van der Waals surface area contributed by atoms with Crippen molar-refractivity contribution < 1.29 is 19.1 Å². The van der Waals surface area contributed by atoms with Gasteiger partial charge in [0.2, 0.25) is 24.3 Å². The number of nitrogens with two attached hydrogens (primary N) is 1. The number of nitrogens with one attached hydrogen (secondary N) is 1. The van der Waals surface area contributed by atoms with Crippen molar-refractivity contribution in [2.45, 2.75) is 5.92 Å². The third-order valence-electron chi connectivity index (χ3n) is 5.04. The summed E-state index contributed by atoms with van der Waals surface area (Å²) >= 11 is 0. The van der Waals surface area contributed by atoms with Crippen LogP contribution in [0.5, 0.6) is 17.4 Å². The number of benzene rings is 2. The van der Waals surface area contributed by atoms with Gasteiger partial charge in [0.15, 0.2) is 5.75 Å². The van der Waals surface area contributed by atoms with Crippen LogP contribution in [-0.2, 0) is 0 Å². The van der Waals surface area contributed by atoms with E-state index in [-0.39, 0.29) is 46.9 Å². The highest BCUT2D eigenvalue weighted by atomic mass is 16.7. The lowest BCUT2D eigenvalue weighted by molar-refractivity contribution is -0.386. The first-order valence-electron chi connectivity index (χ1n) is 8.88. The number of fused-ring (bicyclic) bond motifs is 2. The minimum atomic E-state index is -0.886. The smallest absolute Gasteiger partial charge is 0.319 e. The molecule has 5 rings (SSSR count). The molecule has 10 heteroatoms. The number of nitriles is 1. The molecule has 148 valence electrons. The van der Waals surface area contributed by atoms with Crippen LogP contribution in [0.25, 0.3) is 11.3 Å². The van der Waals surface area contributed by atoms with E-state index in [9.17, 15) is 15.4 Å². The Balaban J connectivity index is 1.81. The first kappa shape index (κ1) is 17.6. The van der Waals surface area contributed by atoms with Crippen molar-refractivity contribution in [1.29, 1.82) is 5.26 Å². The van der Waals surface area contributed by atoms with Crippen molar-refractivity contribution in [1.82, 2.24) is 10.2 Å². The lowest BCUT2D eigenvalue weighted by atomic mass is 9.82. The van der Waals surface area contributed by atoms with E-state index in [1.54, 1.807) is 6.07 Å². The van der Waals surface area contributed by atoms with Crippen LogP contribution in [0.4, 0.5) is 5.69 Å². The molecule has 0 aliphatic carbocycles. The molecule has 1 aromatic heterocycles. The van der Waals surface area contributed by atoms with Crippen LogP contribution in [0.2, 0.25) is 0 Å². The Morgan fingerprint density at radius 2 is 2.03 bits per heavy atom. The van der Waals surface area contributed by atoms with Crippen LogP contribution in [0.1, 0.15) is 17.0 Å². The normalized spacial score (nSPS) is 16.6. The number of hydrogen-bond donors (Lipinski definition) is 2. The SMILES string of the molecule is N#CC1=C(N)Oc2n[nH]c(-c3ccccc3)c2C1c1ccc2c(c1[N+](=O)[O-])OCO2. The van der Waals surface area contributed by atoms with Gasteiger partial charge in [-0.1, -0.05) is 30.3 Å². The van der Waals surface area contributed by atoms with Crippen molar-refractivity contribution in [2.75, 3.05) is 6.79 Å². The fourth-order valence-corrected chi connectivity index (χ4v) is 3.78. The summed E-state index contributed by atoms with van der Waals surface area (Å²) in [6.07, 6.45) is 0. The predicted octanol–water partition coefficient (Wildman–Crippen LogP) is 2.93. The molecule has 0 saturated carbocycles. The first-order chi connectivity index (χ1) is 14.6. The second-order valence-corrected chi connectivity index (χ2v) is 6.60. The van der Waals surface area contributed by atoms with Gasteiger partial charge in [0.25, 0.3) is 0 Å². The molecule has 0 amide bonds. The Kier molecular flexibility index (Phi) is 3.82. The minimum Gasteiger partial charge on any atom is -0.453 e. The average molecular weight is 403 g/mol. The fraction of sp³-hybridized carbons (Fsp3) is 0.100. The zero-order valence-electron chi connectivity index (χ0n) is 15.3. The van der Waals surface area contributed by atoms with E-state index < -0.39 is 10.8 Å². The zero-order chi connectivity index (χ0) is 20.8. The number of H-pyrrole nitrogens is 1. The second-order valence-electron chi connectivity index (χ2n) is 6.60. The maximum atomic E-state index is 12.0. The number of rotatable bonds is 3. The van der Waals surface area contributed by atoms with Gasteiger partial charge in [0.05, 0.1) is 22.1 Å². The highest BCUT2D eigenvalue weighted by Gasteiger charge is 2.41. The molecule has 0 saturated heterocycles. The van der Waals surface area contributed by atoms with Gasteiger partial charge in [-0.25, -0.2) is 0 Å². The summed E-state index contributed by atoms with van der Waals surface area (Å²) in [5.41, 5.74) is 7.79. The Bertz CT molecular complexity index is 1260. The van der Waals surface area contributed by atoms with Crippen molar-refractivity contribution in [3.63, 3.8) is 0 Å². The Morgan fingerprint density at radius 1 is 1.23 bits per heavy atom. The molecule has 0 radical (unpaired) electrons. The summed E-state index contributed by atoms with van der Waals surface area (Å²) in [6.45, 7) is -0.122. The van der Waals surface area contributed by atoms with E-state index in [4.69, 9.17) is 19.9 Å². The third kappa shape index (κ3) is 2.46. The molecule has 2 aliphatic heterocycles. The molecule has 3 heterocycles. The predicted molar refractivity (Wildman–Crippen MR) is 103 cm³/mol. The van der Waals surface area contributed by atoms with E-state index in [0.29, 0.717) is 11.3 Å². The third-order valence-corrected chi connectivity index (χ3v) is 5.04. The van der Waals surface area contributed by atoms with Crippen molar-refractivity contribution in [3.05, 3.63) is 75.2 Å². The molecule has 10 nitrogen and oxygen atoms in total. The van der Waals surface area contributed by atoms with Crippen LogP contribution in [0.3, 0.4) is 0 Å². The van der Waals surface area contributed by atoms with Gasteiger partial charge < -0.3 is 19.9 Å². The van der Waals surface area contributed by atoms with Gasteiger partial charge in [0.1, 0.15) is 11.6 Å². The average Bonchev–Trinajstić information content (AvgIpc) is 3.39. The summed E-state index contributed by atoms with van der Waals surface area (Å²) in [5.74, 6) is -0.604. The zero-order valence-corrected chi connectivity index (χ0v) is 15.3. The highest BCUT2D eigenvalue weighted by molar-refractivity contribution is 5.74. The quantitative estimate of drug-likeness (QED) is 0.501. The Hall–Kier alpha value is -4.52. The summed E-state index contributed by atoms with van der Waals surface area (Å²) < 4.78 is 16.2. The second kappa shape index (κ2) is 6.52. The Labute approximate surface area is 169 Å². The number of hydrogen-bond acceptors (Lipinski definition) is 8. The maximum absolute atomic E-state index is 12.0. The van der Waals surface area contributed by atoms with E-state index in [1.165, 1.54) is 6.07 Å². The van der Waals surface area contributed by atoms with Gasteiger partial charge in [-0.3, -0.25) is 15.2 Å². The van der Waals surface area contributed by atoms with Gasteiger partial charge in [0, 0.05) is 5.56 Å². The van der Waals surface area contributed by atoms with E-state index in [2.05, 4.69) is 10.2 Å². The van der Waals surface area contributed by atoms with Crippen molar-refractivity contribution in [2.24, 2.45) is 5.73 Å². The van der Waals surface area contributed by atoms with Gasteiger partial charge >= 0.3 is 5.69 Å². The first-order valence-corrected chi connectivity index (χ1v) is 8.88. The molecule has 0 fully saturated rings. The molecule has 1 atom stereocenters. The summed E-state index contributed by atoms with van der Waals surface area (Å²) in [4.78, 5) is 11.4. The summed E-state index contributed by atoms with van der Waals surface area (Å²) in [6, 6.07) is 14.4. The van der Waals surface area contributed by atoms with E-state index in [0.717, 1.165) is 5.56 Å². The largest absolute Gasteiger partial charge is 0.453 e. The number of nitrogens with zero attached hydrogens (tertiary/aromatic N) is 3. The molecule has 2 aliphatic rings. The molecule has 30 heavy (non-hydrogen) atoms. The van der Waals surface area contributed by atoms with Crippen LogP contribution >= 0.6 is 0 Å². The summed E-state index contributed by atoms with van der Waals surface area (Å²) in [5, 5.41) is 28.9. The van der Waals surface area contributed by atoms with E-state index >= 15 is 0 Å². The topological polar surface area (TPSA) is 149 Å². The van der Waals surface area contributed by atoms with Gasteiger partial charge in [-0.2, -0.15) is 5.26 Å². The lowest BCUT2D eigenvalue weighted by Crippen LogP contribution is -2.21. The number of ether oxygens (including phenoxy) is 3. The molecular formula is C20H13N5O5. The summed E-state index contributed by atoms with van der Waals surface area (Å²) in [7, 11) is 0. The number of allylic oxidation sites excluding steroid dienone is 1. The Morgan fingerprint density at radius 3 is 2.77 bits per heavy atom. The van der Waals surface area contributed by atoms with Gasteiger partial charge in [-0.05, 0) is 17.7 Å². The molecular weight excluding hydrogens is 390 g/mol. The van der Waals surface area contributed by atoms with Crippen LogP contribution in [-0.4, -0.2) is 21.9 Å². The van der Waals surface area contributed by atoms with E-state index in [1.807, 2.05) is 36.4 Å². The van der Waals surface area contributed by atoms with Crippen LogP contribution in [0.15, 0.2) is 53.9 Å². The number of nitro benzene ring substituents is 1. The van der Waals surface area contributed by atoms with Crippen molar-refractivity contribution in [3.8, 4) is 34.7 Å². The lowest BCUT2D eigenvalue weighted by Gasteiger charge is -2.24. The molecule has 1 unspecified atom stereocenters. The van der Waals surface area contributed by atoms with Crippen LogP contribution < -0.4 is 19.9 Å².